The second-order valence-electron chi connectivity index (χ2n) is 9.53. The molecule has 2 aliphatic heterocycles. The summed E-state index contributed by atoms with van der Waals surface area (Å²) in [5.41, 5.74) is 3.64. The second kappa shape index (κ2) is 7.90. The summed E-state index contributed by atoms with van der Waals surface area (Å²) >= 11 is 0. The normalized spacial score (nSPS) is 20.4. The minimum absolute atomic E-state index is 0.204. The number of hydrogen-bond donors (Lipinski definition) is 0. The number of para-hydroxylation sites is 2. The number of amides is 1. The Balaban J connectivity index is 1.50. The molecule has 4 aromatic carbocycles. The molecule has 1 spiro atoms. The van der Waals surface area contributed by atoms with Crippen LogP contribution < -0.4 is 9.75 Å². The predicted molar refractivity (Wildman–Crippen MR) is 144 cm³/mol. The molecule has 0 fully saturated rings. The highest BCUT2D eigenvalue weighted by atomic mass is 16.5. The van der Waals surface area contributed by atoms with Crippen molar-refractivity contribution in [2.24, 2.45) is 5.10 Å². The maximum atomic E-state index is 14.4. The van der Waals surface area contributed by atoms with Crippen LogP contribution in [0, 0.1) is 6.92 Å². The highest BCUT2D eigenvalue weighted by molar-refractivity contribution is 6.23. The number of fused-ring (bicyclic) bond motifs is 2. The van der Waals surface area contributed by atoms with Crippen LogP contribution in [0.3, 0.4) is 0 Å². The molecule has 180 valence electrons. The summed E-state index contributed by atoms with van der Waals surface area (Å²) in [6.45, 7) is 3.88. The van der Waals surface area contributed by atoms with E-state index in [9.17, 15) is 4.79 Å². The van der Waals surface area contributed by atoms with Gasteiger partial charge in [-0.1, -0.05) is 78.9 Å². The quantitative estimate of drug-likeness (QED) is 0.315. The van der Waals surface area contributed by atoms with Gasteiger partial charge in [0.15, 0.2) is 0 Å². The summed E-state index contributed by atoms with van der Waals surface area (Å²) in [5.74, 6) is -0.0418. The summed E-state index contributed by atoms with van der Waals surface area (Å²) < 4.78 is 8.64. The van der Waals surface area contributed by atoms with E-state index in [4.69, 9.17) is 14.9 Å². The van der Waals surface area contributed by atoms with Gasteiger partial charge in [-0.2, -0.15) is 15.2 Å². The van der Waals surface area contributed by atoms with E-state index in [1.54, 1.807) is 0 Å². The highest BCUT2D eigenvalue weighted by Crippen LogP contribution is 2.54. The molecule has 1 amide bonds. The summed E-state index contributed by atoms with van der Waals surface area (Å²) in [5, 5.41) is 13.3. The van der Waals surface area contributed by atoms with Gasteiger partial charge in [0.1, 0.15) is 0 Å². The molecule has 5 aromatic rings. The molecule has 2 atom stereocenters. The van der Waals surface area contributed by atoms with Crippen molar-refractivity contribution in [3.8, 4) is 11.6 Å². The lowest BCUT2D eigenvalue weighted by atomic mass is 9.75. The van der Waals surface area contributed by atoms with E-state index in [1.165, 1.54) is 5.01 Å². The van der Waals surface area contributed by atoms with Gasteiger partial charge >= 0.3 is 0 Å². The first-order valence-corrected chi connectivity index (χ1v) is 12.4. The Morgan fingerprint density at radius 1 is 0.784 bits per heavy atom. The number of aromatic nitrogens is 2. The fourth-order valence-corrected chi connectivity index (χ4v) is 5.76. The Kier molecular flexibility index (Phi) is 4.60. The molecule has 0 bridgehead atoms. The number of ether oxygens (including phenoxy) is 1. The van der Waals surface area contributed by atoms with Crippen LogP contribution >= 0.6 is 0 Å². The lowest BCUT2D eigenvalue weighted by Gasteiger charge is -2.30. The maximum Gasteiger partial charge on any atom is 0.298 e. The number of anilines is 1. The largest absolute Gasteiger partial charge is 0.453 e. The number of carbonyl (C=O) groups is 1. The van der Waals surface area contributed by atoms with Gasteiger partial charge in [0.25, 0.3) is 5.91 Å². The molecule has 0 radical (unpaired) electrons. The third-order valence-electron chi connectivity index (χ3n) is 7.45. The van der Waals surface area contributed by atoms with Gasteiger partial charge in [-0.15, -0.1) is 0 Å². The predicted octanol–water partition coefficient (Wildman–Crippen LogP) is 6.02. The SMILES string of the molecule is CC1=NN(c2ccccc2)C(=O)C12Oc1c(c(C)nn1-c1ccccc1)C2c1cccc2ccccc12. The van der Waals surface area contributed by atoms with Crippen molar-refractivity contribution in [2.45, 2.75) is 25.4 Å². The van der Waals surface area contributed by atoms with E-state index in [0.717, 1.165) is 33.3 Å². The van der Waals surface area contributed by atoms with Gasteiger partial charge in [0.2, 0.25) is 11.5 Å². The average molecular weight is 485 g/mol. The zero-order valence-electron chi connectivity index (χ0n) is 20.5. The number of aryl methyl sites for hydroxylation is 1. The van der Waals surface area contributed by atoms with Crippen molar-refractivity contribution in [1.82, 2.24) is 9.78 Å². The van der Waals surface area contributed by atoms with E-state index < -0.39 is 11.5 Å². The van der Waals surface area contributed by atoms with Crippen LogP contribution in [0.1, 0.15) is 29.7 Å². The molecule has 7 rings (SSSR count). The first-order valence-electron chi connectivity index (χ1n) is 12.4. The van der Waals surface area contributed by atoms with Crippen molar-refractivity contribution >= 4 is 28.1 Å². The first kappa shape index (κ1) is 21.6. The van der Waals surface area contributed by atoms with E-state index >= 15 is 0 Å². The number of nitrogens with zero attached hydrogens (tertiary/aromatic N) is 4. The van der Waals surface area contributed by atoms with E-state index in [1.807, 2.05) is 97.4 Å². The fourth-order valence-electron chi connectivity index (χ4n) is 5.76. The topological polar surface area (TPSA) is 59.7 Å². The van der Waals surface area contributed by atoms with Crippen molar-refractivity contribution < 1.29 is 9.53 Å². The van der Waals surface area contributed by atoms with Crippen molar-refractivity contribution in [1.29, 1.82) is 0 Å². The van der Waals surface area contributed by atoms with Crippen LogP contribution in [0.2, 0.25) is 0 Å². The van der Waals surface area contributed by atoms with E-state index in [0.29, 0.717) is 17.3 Å². The molecule has 6 nitrogen and oxygen atoms in total. The molecule has 0 saturated heterocycles. The maximum absolute atomic E-state index is 14.4. The average Bonchev–Trinajstić information content (AvgIpc) is 3.55. The van der Waals surface area contributed by atoms with Gasteiger partial charge in [-0.25, -0.2) is 4.68 Å². The van der Waals surface area contributed by atoms with Crippen LogP contribution in [-0.4, -0.2) is 27.0 Å². The Hall–Kier alpha value is -4.71. The molecule has 0 aliphatic carbocycles. The molecule has 2 aliphatic rings. The number of hydrazone groups is 1. The lowest BCUT2D eigenvalue weighted by molar-refractivity contribution is -0.127. The smallest absolute Gasteiger partial charge is 0.298 e. The van der Waals surface area contributed by atoms with Crippen LogP contribution in [0.25, 0.3) is 16.5 Å². The second-order valence-corrected chi connectivity index (χ2v) is 9.53. The summed E-state index contributed by atoms with van der Waals surface area (Å²) in [6, 6.07) is 33.9. The van der Waals surface area contributed by atoms with Crippen molar-refractivity contribution in [2.75, 3.05) is 5.01 Å². The molecule has 3 heterocycles. The Morgan fingerprint density at radius 3 is 2.19 bits per heavy atom. The molecule has 2 unspecified atom stereocenters. The number of benzene rings is 4. The lowest BCUT2D eigenvalue weighted by Crippen LogP contribution is -2.53. The molecule has 1 aromatic heterocycles. The molecule has 0 saturated carbocycles. The number of rotatable bonds is 3. The van der Waals surface area contributed by atoms with E-state index in [-0.39, 0.29) is 5.91 Å². The molecule has 37 heavy (non-hydrogen) atoms. The van der Waals surface area contributed by atoms with Crippen molar-refractivity contribution in [3.05, 3.63) is 120 Å². The van der Waals surface area contributed by atoms with Crippen LogP contribution in [-0.2, 0) is 4.79 Å². The summed E-state index contributed by atoms with van der Waals surface area (Å²) in [7, 11) is 0. The third kappa shape index (κ3) is 2.96. The van der Waals surface area contributed by atoms with Crippen LogP contribution in [0.4, 0.5) is 5.69 Å². The third-order valence-corrected chi connectivity index (χ3v) is 7.45. The molecule has 0 N–H and O–H groups in total. The van der Waals surface area contributed by atoms with Crippen molar-refractivity contribution in [3.63, 3.8) is 0 Å². The summed E-state index contributed by atoms with van der Waals surface area (Å²) in [4.78, 5) is 14.4. The van der Waals surface area contributed by atoms with Gasteiger partial charge in [-0.05, 0) is 54.4 Å². The van der Waals surface area contributed by atoms with E-state index in [2.05, 4.69) is 24.3 Å². The van der Waals surface area contributed by atoms with Gasteiger partial charge in [0, 0.05) is 5.56 Å². The number of carbonyl (C=O) groups excluding carboxylic acids is 1. The molecule has 6 heteroatoms. The highest BCUT2D eigenvalue weighted by Gasteiger charge is 2.64. The van der Waals surface area contributed by atoms with Gasteiger partial charge in [0.05, 0.1) is 28.7 Å². The minimum atomic E-state index is -1.32. The fraction of sp³-hybridized carbons (Fsp3) is 0.129. The zero-order valence-corrected chi connectivity index (χ0v) is 20.5. The van der Waals surface area contributed by atoms with Crippen LogP contribution in [0.5, 0.6) is 5.88 Å². The Bertz CT molecular complexity index is 1700. The molecular weight excluding hydrogens is 460 g/mol. The monoisotopic (exact) mass is 484 g/mol. The Morgan fingerprint density at radius 2 is 1.43 bits per heavy atom. The molecular formula is C31H24N4O2. The standard InChI is InChI=1S/C31H24N4O2/c1-20-27-28(26-19-11-13-22-12-9-10-18-25(22)26)31(37-29(27)34(32-20)23-14-5-3-6-15-23)21(2)33-35(30(31)36)24-16-7-4-8-17-24/h3-19,28H,1-2H3. The Labute approximate surface area is 214 Å². The van der Waals surface area contributed by atoms with Gasteiger partial charge in [-0.3, -0.25) is 4.79 Å². The number of hydrogen-bond acceptors (Lipinski definition) is 4. The minimum Gasteiger partial charge on any atom is -0.453 e. The first-order chi connectivity index (χ1) is 18.1. The summed E-state index contributed by atoms with van der Waals surface area (Å²) in [6.07, 6.45) is 0. The van der Waals surface area contributed by atoms with Crippen LogP contribution in [0.15, 0.2) is 108 Å². The van der Waals surface area contributed by atoms with Gasteiger partial charge < -0.3 is 4.74 Å². The zero-order chi connectivity index (χ0) is 25.1.